The lowest BCUT2D eigenvalue weighted by atomic mass is 10.1. The maximum absolute atomic E-state index is 11.4. The normalized spacial score (nSPS) is 11.9. The molecule has 6 heteroatoms. The van der Waals surface area contributed by atoms with Crippen LogP contribution in [-0.2, 0) is 4.74 Å². The molecule has 5 nitrogen and oxygen atoms in total. The van der Waals surface area contributed by atoms with Gasteiger partial charge in [0.2, 0.25) is 0 Å². The summed E-state index contributed by atoms with van der Waals surface area (Å²) in [6, 6.07) is 4.37. The highest BCUT2D eigenvalue weighted by Gasteiger charge is 2.21. The molecule has 0 bridgehead atoms. The Morgan fingerprint density at radius 2 is 2.19 bits per heavy atom. The Morgan fingerprint density at radius 1 is 1.56 bits per heavy atom. The van der Waals surface area contributed by atoms with Crippen LogP contribution in [0.1, 0.15) is 27.7 Å². The molecule has 0 saturated carbocycles. The summed E-state index contributed by atoms with van der Waals surface area (Å²) in [6.45, 7) is 1.86. The zero-order valence-corrected chi connectivity index (χ0v) is 10.4. The number of alkyl halides is 1. The van der Waals surface area contributed by atoms with E-state index in [1.165, 1.54) is 19.2 Å². The van der Waals surface area contributed by atoms with Crippen LogP contribution in [-0.4, -0.2) is 18.0 Å². The molecule has 0 amide bonds. The predicted octanol–water partition coefficient (Wildman–Crippen LogP) is 2.84. The highest BCUT2D eigenvalue weighted by atomic mass is 79.9. The van der Waals surface area contributed by atoms with Crippen molar-refractivity contribution in [3.8, 4) is 0 Å². The van der Waals surface area contributed by atoms with Crippen LogP contribution >= 0.6 is 15.9 Å². The van der Waals surface area contributed by atoms with Crippen LogP contribution in [0, 0.1) is 10.1 Å². The fraction of sp³-hybridized carbons (Fsp3) is 0.300. The molecule has 1 aromatic carbocycles. The number of nitrogens with zero attached hydrogens (tertiary/aromatic N) is 1. The predicted molar refractivity (Wildman–Crippen MR) is 61.8 cm³/mol. The number of esters is 1. The van der Waals surface area contributed by atoms with E-state index in [1.807, 2.05) is 6.92 Å². The summed E-state index contributed by atoms with van der Waals surface area (Å²) in [6.07, 6.45) is 0. The summed E-state index contributed by atoms with van der Waals surface area (Å²) in [5.74, 6) is -0.707. The molecule has 0 radical (unpaired) electrons. The van der Waals surface area contributed by atoms with Crippen molar-refractivity contribution in [3.63, 3.8) is 0 Å². The van der Waals surface area contributed by atoms with Gasteiger partial charge in [0, 0.05) is 10.9 Å². The minimum atomic E-state index is -0.707. The highest BCUT2D eigenvalue weighted by molar-refractivity contribution is 9.09. The number of benzene rings is 1. The second kappa shape index (κ2) is 5.07. The topological polar surface area (TPSA) is 69.4 Å². The lowest BCUT2D eigenvalue weighted by Gasteiger charge is -2.06. The van der Waals surface area contributed by atoms with Crippen molar-refractivity contribution >= 4 is 27.6 Å². The number of hydrogen-bond acceptors (Lipinski definition) is 4. The van der Waals surface area contributed by atoms with Gasteiger partial charge in [-0.3, -0.25) is 10.1 Å². The Labute approximate surface area is 101 Å². The minimum Gasteiger partial charge on any atom is -0.465 e. The van der Waals surface area contributed by atoms with Gasteiger partial charge in [-0.1, -0.05) is 22.0 Å². The van der Waals surface area contributed by atoms with Crippen LogP contribution in [0.4, 0.5) is 5.69 Å². The van der Waals surface area contributed by atoms with Crippen LogP contribution in [0.3, 0.4) is 0 Å². The van der Waals surface area contributed by atoms with Gasteiger partial charge in [0.25, 0.3) is 5.69 Å². The van der Waals surface area contributed by atoms with Crippen LogP contribution < -0.4 is 0 Å². The quantitative estimate of drug-likeness (QED) is 0.371. The number of carbonyl (C=O) groups excluding carboxylic acids is 1. The van der Waals surface area contributed by atoms with Gasteiger partial charge >= 0.3 is 5.97 Å². The third-order valence-corrected chi connectivity index (χ3v) is 2.61. The van der Waals surface area contributed by atoms with Crippen LogP contribution in [0.15, 0.2) is 18.2 Å². The molecule has 0 saturated heterocycles. The van der Waals surface area contributed by atoms with Crippen molar-refractivity contribution in [1.82, 2.24) is 0 Å². The summed E-state index contributed by atoms with van der Waals surface area (Å²) >= 11 is 3.33. The summed E-state index contributed by atoms with van der Waals surface area (Å²) in [5, 5.41) is 10.7. The zero-order chi connectivity index (χ0) is 12.3. The Balaban J connectivity index is 3.32. The molecule has 1 atom stereocenters. The zero-order valence-electron chi connectivity index (χ0n) is 8.77. The van der Waals surface area contributed by atoms with Crippen molar-refractivity contribution in [2.45, 2.75) is 11.8 Å². The van der Waals surface area contributed by atoms with Crippen molar-refractivity contribution in [1.29, 1.82) is 0 Å². The molecule has 16 heavy (non-hydrogen) atoms. The van der Waals surface area contributed by atoms with E-state index < -0.39 is 10.9 Å². The van der Waals surface area contributed by atoms with E-state index in [4.69, 9.17) is 0 Å². The first kappa shape index (κ1) is 12.6. The van der Waals surface area contributed by atoms with Crippen LogP contribution in [0.25, 0.3) is 0 Å². The van der Waals surface area contributed by atoms with E-state index in [9.17, 15) is 14.9 Å². The smallest absolute Gasteiger partial charge is 0.344 e. The summed E-state index contributed by atoms with van der Waals surface area (Å²) < 4.78 is 4.50. The lowest BCUT2D eigenvalue weighted by Crippen LogP contribution is -2.06. The van der Waals surface area contributed by atoms with Gasteiger partial charge in [0.05, 0.1) is 12.0 Å². The summed E-state index contributed by atoms with van der Waals surface area (Å²) in [4.78, 5) is 21.5. The van der Waals surface area contributed by atoms with Crippen molar-refractivity contribution in [2.24, 2.45) is 0 Å². The van der Waals surface area contributed by atoms with Crippen molar-refractivity contribution in [3.05, 3.63) is 39.4 Å². The maximum atomic E-state index is 11.4. The first-order chi connectivity index (χ1) is 7.47. The third kappa shape index (κ3) is 2.57. The lowest BCUT2D eigenvalue weighted by molar-refractivity contribution is -0.385. The molecule has 1 unspecified atom stereocenters. The molecule has 0 aromatic heterocycles. The van der Waals surface area contributed by atoms with E-state index >= 15 is 0 Å². The summed E-state index contributed by atoms with van der Waals surface area (Å²) in [7, 11) is 1.19. The fourth-order valence-corrected chi connectivity index (χ4v) is 1.52. The van der Waals surface area contributed by atoms with Gasteiger partial charge in [0.1, 0.15) is 5.56 Å². The molecule has 86 valence electrons. The first-order valence-electron chi connectivity index (χ1n) is 4.48. The Hall–Kier alpha value is -1.43. The number of halogens is 1. The van der Waals surface area contributed by atoms with Gasteiger partial charge in [0.15, 0.2) is 0 Å². The third-order valence-electron chi connectivity index (χ3n) is 2.08. The van der Waals surface area contributed by atoms with Gasteiger partial charge < -0.3 is 4.74 Å². The summed E-state index contributed by atoms with van der Waals surface area (Å²) in [5.41, 5.74) is 0.506. The fourth-order valence-electron chi connectivity index (χ4n) is 1.23. The monoisotopic (exact) mass is 287 g/mol. The van der Waals surface area contributed by atoms with Crippen LogP contribution in [0.2, 0.25) is 0 Å². The average molecular weight is 288 g/mol. The van der Waals surface area contributed by atoms with Crippen molar-refractivity contribution in [2.75, 3.05) is 7.11 Å². The first-order valence-corrected chi connectivity index (χ1v) is 5.39. The van der Waals surface area contributed by atoms with Crippen LogP contribution in [0.5, 0.6) is 0 Å². The molecule has 0 heterocycles. The Kier molecular flexibility index (Phi) is 4.00. The molecule has 0 N–H and O–H groups in total. The van der Waals surface area contributed by atoms with E-state index in [0.29, 0.717) is 0 Å². The number of carbonyl (C=O) groups is 1. The number of nitro groups is 1. The number of hydrogen-bond donors (Lipinski definition) is 0. The number of nitro benzene ring substituents is 1. The molecule has 0 spiro atoms. The van der Waals surface area contributed by atoms with Crippen molar-refractivity contribution < 1.29 is 14.5 Å². The molecular formula is C10H10BrNO4. The Bertz CT molecular complexity index is 431. The maximum Gasteiger partial charge on any atom is 0.344 e. The van der Waals surface area contributed by atoms with Gasteiger partial charge in [-0.15, -0.1) is 0 Å². The largest absolute Gasteiger partial charge is 0.465 e. The number of methoxy groups -OCH3 is 1. The standard InChI is InChI=1S/C10H10BrNO4/c1-6(11)7-3-4-9(12(14)15)8(5-7)10(13)16-2/h3-6H,1-2H3. The highest BCUT2D eigenvalue weighted by Crippen LogP contribution is 2.27. The molecule has 0 aliphatic rings. The molecule has 0 aliphatic carbocycles. The van der Waals surface area contributed by atoms with E-state index in [-0.39, 0.29) is 16.1 Å². The molecular weight excluding hydrogens is 278 g/mol. The SMILES string of the molecule is COC(=O)c1cc(C(C)Br)ccc1[N+](=O)[O-]. The molecule has 1 rings (SSSR count). The molecule has 0 fully saturated rings. The minimum absolute atomic E-state index is 0.0108. The molecule has 0 aliphatic heterocycles. The van der Waals surface area contributed by atoms with Gasteiger partial charge in [-0.2, -0.15) is 0 Å². The van der Waals surface area contributed by atoms with Gasteiger partial charge in [-0.25, -0.2) is 4.79 Å². The second-order valence-corrected chi connectivity index (χ2v) is 4.51. The average Bonchev–Trinajstić information content (AvgIpc) is 2.26. The molecule has 1 aromatic rings. The number of ether oxygens (including phenoxy) is 1. The number of rotatable bonds is 3. The van der Waals surface area contributed by atoms with E-state index in [0.717, 1.165) is 5.56 Å². The Morgan fingerprint density at radius 3 is 2.62 bits per heavy atom. The van der Waals surface area contributed by atoms with E-state index in [1.54, 1.807) is 6.07 Å². The van der Waals surface area contributed by atoms with E-state index in [2.05, 4.69) is 20.7 Å². The second-order valence-electron chi connectivity index (χ2n) is 3.14. The van der Waals surface area contributed by atoms with Gasteiger partial charge in [-0.05, 0) is 18.6 Å².